The smallest absolute Gasteiger partial charge is 0.245 e. The van der Waals surface area contributed by atoms with E-state index in [1.54, 1.807) is 0 Å². The summed E-state index contributed by atoms with van der Waals surface area (Å²) in [6.07, 6.45) is 4.61. The third-order valence-electron chi connectivity index (χ3n) is 3.65. The molecule has 1 aliphatic heterocycles. The normalized spacial score (nSPS) is 22.3. The van der Waals surface area contributed by atoms with Gasteiger partial charge in [-0.25, -0.2) is 0 Å². The van der Waals surface area contributed by atoms with E-state index in [9.17, 15) is 4.79 Å². The Kier molecular flexibility index (Phi) is 4.65. The van der Waals surface area contributed by atoms with Gasteiger partial charge >= 0.3 is 0 Å². The molecule has 18 heavy (non-hydrogen) atoms. The Morgan fingerprint density at radius 2 is 2.00 bits per heavy atom. The number of hydrogen-bond donors (Lipinski definition) is 0. The first-order valence-corrected chi connectivity index (χ1v) is 7.13. The fraction of sp³-hybridized carbons (Fsp3) is 0.533. The Morgan fingerprint density at radius 3 is 2.72 bits per heavy atom. The molecule has 0 radical (unpaired) electrons. The highest BCUT2D eigenvalue weighted by atomic mass is 35.5. The Hall–Kier alpha value is -1.02. The van der Waals surface area contributed by atoms with Gasteiger partial charge in [-0.1, -0.05) is 43.2 Å². The molecule has 0 aromatic heterocycles. The van der Waals surface area contributed by atoms with Gasteiger partial charge < -0.3 is 4.90 Å². The van der Waals surface area contributed by atoms with Crippen LogP contribution in [0.5, 0.6) is 0 Å². The lowest BCUT2D eigenvalue weighted by molar-refractivity contribution is -0.132. The van der Waals surface area contributed by atoms with Crippen LogP contribution >= 0.6 is 11.6 Å². The van der Waals surface area contributed by atoms with Crippen molar-refractivity contribution in [2.45, 2.75) is 44.0 Å². The van der Waals surface area contributed by atoms with Crippen molar-refractivity contribution in [3.05, 3.63) is 35.9 Å². The molecule has 1 heterocycles. The molecule has 1 aromatic rings. The van der Waals surface area contributed by atoms with E-state index in [1.165, 1.54) is 12.8 Å². The van der Waals surface area contributed by atoms with Gasteiger partial charge in [-0.15, -0.1) is 11.6 Å². The second-order valence-electron chi connectivity index (χ2n) is 5.00. The van der Waals surface area contributed by atoms with Crippen LogP contribution in [0.4, 0.5) is 0 Å². The molecule has 0 saturated carbocycles. The molecule has 98 valence electrons. The molecule has 2 unspecified atom stereocenters. The zero-order valence-electron chi connectivity index (χ0n) is 10.8. The lowest BCUT2D eigenvalue weighted by Crippen LogP contribution is -2.40. The maximum atomic E-state index is 12.5. The Balaban J connectivity index is 2.10. The predicted molar refractivity (Wildman–Crippen MR) is 74.7 cm³/mol. The second-order valence-corrected chi connectivity index (χ2v) is 5.44. The number of likely N-dealkylation sites (tertiary alicyclic amines) is 1. The Bertz CT molecular complexity index is 393. The fourth-order valence-corrected chi connectivity index (χ4v) is 2.78. The summed E-state index contributed by atoms with van der Waals surface area (Å²) in [6, 6.07) is 9.92. The van der Waals surface area contributed by atoms with Crippen LogP contribution in [0, 0.1) is 0 Å². The molecule has 1 aromatic carbocycles. The summed E-state index contributed by atoms with van der Waals surface area (Å²) in [5.41, 5.74) is 0.889. The molecule has 0 aliphatic carbocycles. The van der Waals surface area contributed by atoms with E-state index >= 15 is 0 Å². The summed E-state index contributed by atoms with van der Waals surface area (Å²) in [6.45, 7) is 2.97. The first kappa shape index (κ1) is 13.4. The number of benzene rings is 1. The summed E-state index contributed by atoms with van der Waals surface area (Å²) in [5.74, 6) is 0.0530. The van der Waals surface area contributed by atoms with Gasteiger partial charge in [0.05, 0.1) is 0 Å². The first-order valence-electron chi connectivity index (χ1n) is 6.69. The quantitative estimate of drug-likeness (QED) is 0.746. The van der Waals surface area contributed by atoms with E-state index in [2.05, 4.69) is 6.92 Å². The monoisotopic (exact) mass is 265 g/mol. The average Bonchev–Trinajstić information content (AvgIpc) is 2.63. The average molecular weight is 266 g/mol. The summed E-state index contributed by atoms with van der Waals surface area (Å²) >= 11 is 6.32. The van der Waals surface area contributed by atoms with Crippen molar-refractivity contribution >= 4 is 17.5 Å². The van der Waals surface area contributed by atoms with Gasteiger partial charge in [-0.3, -0.25) is 4.79 Å². The molecule has 0 bridgehead atoms. The minimum absolute atomic E-state index is 0.0530. The highest BCUT2D eigenvalue weighted by Crippen LogP contribution is 2.26. The highest BCUT2D eigenvalue weighted by Gasteiger charge is 2.27. The van der Waals surface area contributed by atoms with Gasteiger partial charge in [0.15, 0.2) is 0 Å². The van der Waals surface area contributed by atoms with Crippen molar-refractivity contribution < 1.29 is 4.79 Å². The van der Waals surface area contributed by atoms with Gasteiger partial charge in [0.1, 0.15) is 5.38 Å². The molecular formula is C15H20ClNO. The van der Waals surface area contributed by atoms with Crippen LogP contribution in [0.3, 0.4) is 0 Å². The van der Waals surface area contributed by atoms with Crippen LogP contribution in [-0.2, 0) is 4.79 Å². The predicted octanol–water partition coefficient (Wildman–Crippen LogP) is 3.76. The molecule has 1 amide bonds. The summed E-state index contributed by atoms with van der Waals surface area (Å²) < 4.78 is 0. The third kappa shape index (κ3) is 3.05. The molecular weight excluding hydrogens is 246 g/mol. The molecule has 3 heteroatoms. The molecule has 2 atom stereocenters. The third-order valence-corrected chi connectivity index (χ3v) is 4.08. The summed E-state index contributed by atoms with van der Waals surface area (Å²) in [7, 11) is 0. The van der Waals surface area contributed by atoms with E-state index < -0.39 is 5.38 Å². The number of hydrogen-bond acceptors (Lipinski definition) is 1. The van der Waals surface area contributed by atoms with Gasteiger partial charge in [0, 0.05) is 12.6 Å². The van der Waals surface area contributed by atoms with Gasteiger partial charge in [0.25, 0.3) is 0 Å². The maximum Gasteiger partial charge on any atom is 0.245 e. The number of carbonyl (C=O) groups is 1. The van der Waals surface area contributed by atoms with Gasteiger partial charge in [-0.2, -0.15) is 0 Å². The highest BCUT2D eigenvalue weighted by molar-refractivity contribution is 6.30. The fourth-order valence-electron chi connectivity index (χ4n) is 2.51. The zero-order valence-corrected chi connectivity index (χ0v) is 11.6. The van der Waals surface area contributed by atoms with E-state index in [-0.39, 0.29) is 5.91 Å². The molecule has 0 N–H and O–H groups in total. The molecule has 1 aliphatic rings. The van der Waals surface area contributed by atoms with Crippen molar-refractivity contribution in [2.75, 3.05) is 6.54 Å². The maximum absolute atomic E-state index is 12.5. The summed E-state index contributed by atoms with van der Waals surface area (Å²) in [4.78, 5) is 14.4. The van der Waals surface area contributed by atoms with Crippen molar-refractivity contribution in [1.82, 2.24) is 4.90 Å². The van der Waals surface area contributed by atoms with Crippen LogP contribution < -0.4 is 0 Å². The Labute approximate surface area is 114 Å². The van der Waals surface area contributed by atoms with Crippen LogP contribution in [0.1, 0.15) is 43.5 Å². The number of rotatable bonds is 2. The van der Waals surface area contributed by atoms with Crippen molar-refractivity contribution in [3.63, 3.8) is 0 Å². The van der Waals surface area contributed by atoms with E-state index in [1.807, 2.05) is 35.2 Å². The second kappa shape index (κ2) is 6.24. The largest absolute Gasteiger partial charge is 0.338 e. The van der Waals surface area contributed by atoms with Crippen LogP contribution in [0.15, 0.2) is 30.3 Å². The summed E-state index contributed by atoms with van der Waals surface area (Å²) in [5, 5.41) is -0.549. The Morgan fingerprint density at radius 1 is 1.28 bits per heavy atom. The van der Waals surface area contributed by atoms with E-state index in [0.29, 0.717) is 6.04 Å². The minimum Gasteiger partial charge on any atom is -0.338 e. The SMILES string of the molecule is CC1CCCCCN1C(=O)C(Cl)c1ccccc1. The molecule has 2 nitrogen and oxygen atoms in total. The van der Waals surface area contributed by atoms with E-state index in [0.717, 1.165) is 24.9 Å². The standard InChI is InChI=1S/C15H20ClNO/c1-12-8-4-3-7-11-17(12)15(18)14(16)13-9-5-2-6-10-13/h2,5-6,9-10,12,14H,3-4,7-8,11H2,1H3. The minimum atomic E-state index is -0.549. The molecule has 1 saturated heterocycles. The molecule has 2 rings (SSSR count). The van der Waals surface area contributed by atoms with Crippen LogP contribution in [0.2, 0.25) is 0 Å². The molecule has 0 spiro atoms. The number of amides is 1. The van der Waals surface area contributed by atoms with Gasteiger partial charge in [-0.05, 0) is 25.3 Å². The number of carbonyl (C=O) groups excluding carboxylic acids is 1. The number of halogens is 1. The lowest BCUT2D eigenvalue weighted by atomic mass is 10.1. The number of nitrogens with zero attached hydrogens (tertiary/aromatic N) is 1. The molecule has 1 fully saturated rings. The topological polar surface area (TPSA) is 20.3 Å². The number of alkyl halides is 1. The van der Waals surface area contributed by atoms with Crippen LogP contribution in [-0.4, -0.2) is 23.4 Å². The van der Waals surface area contributed by atoms with Crippen molar-refractivity contribution in [1.29, 1.82) is 0 Å². The van der Waals surface area contributed by atoms with E-state index in [4.69, 9.17) is 11.6 Å². The lowest BCUT2D eigenvalue weighted by Gasteiger charge is -2.29. The zero-order chi connectivity index (χ0) is 13.0. The van der Waals surface area contributed by atoms with Gasteiger partial charge in [0.2, 0.25) is 5.91 Å². The first-order chi connectivity index (χ1) is 8.70. The van der Waals surface area contributed by atoms with Crippen molar-refractivity contribution in [3.8, 4) is 0 Å². The van der Waals surface area contributed by atoms with Crippen molar-refractivity contribution in [2.24, 2.45) is 0 Å². The van der Waals surface area contributed by atoms with Crippen LogP contribution in [0.25, 0.3) is 0 Å².